The molecule has 0 radical (unpaired) electrons. The Morgan fingerprint density at radius 1 is 1.04 bits per heavy atom. The number of alkyl halides is 3. The van der Waals surface area contributed by atoms with Crippen LogP contribution in [0, 0.1) is 5.92 Å². The van der Waals surface area contributed by atoms with Gasteiger partial charge in [-0.15, -0.1) is 18.3 Å². The Morgan fingerprint density at radius 3 is 2.38 bits per heavy atom. The first-order valence-corrected chi connectivity index (χ1v) is 18.7. The summed E-state index contributed by atoms with van der Waals surface area (Å²) in [7, 11) is 0. The molecule has 302 valence electrons. The number of carbonyl (C=O) groups excluding carboxylic acids is 5. The average molecular weight is 786 g/mol. The van der Waals surface area contributed by atoms with Gasteiger partial charge >= 0.3 is 6.36 Å². The first-order valence-electron chi connectivity index (χ1n) is 18.7. The monoisotopic (exact) mass is 785 g/mol. The van der Waals surface area contributed by atoms with E-state index in [0.29, 0.717) is 16.5 Å². The van der Waals surface area contributed by atoms with Gasteiger partial charge in [-0.25, -0.2) is 4.68 Å². The number of nitrogens with zero attached hydrogens (tertiary/aromatic N) is 4. The molecule has 4 amide bonds. The highest BCUT2D eigenvalue weighted by atomic mass is 19.4. The third kappa shape index (κ3) is 9.12. The summed E-state index contributed by atoms with van der Waals surface area (Å²) in [4.78, 5) is 69.7. The number of hydrogen-bond donors (Lipinski definition) is 4. The van der Waals surface area contributed by atoms with Gasteiger partial charge in [0, 0.05) is 44.6 Å². The van der Waals surface area contributed by atoms with Crippen LogP contribution in [0.3, 0.4) is 0 Å². The van der Waals surface area contributed by atoms with Crippen molar-refractivity contribution in [3.63, 3.8) is 0 Å². The van der Waals surface area contributed by atoms with E-state index >= 15 is 0 Å². The first-order chi connectivity index (χ1) is 26.4. The molecule has 2 aliphatic heterocycles. The van der Waals surface area contributed by atoms with Gasteiger partial charge in [0.1, 0.15) is 29.0 Å². The largest absolute Gasteiger partial charge is 0.573 e. The first kappa shape index (κ1) is 40.6. The van der Waals surface area contributed by atoms with Crippen LogP contribution in [0.15, 0.2) is 42.6 Å². The number of aliphatic hydroxyl groups is 1. The number of benzene rings is 2. The van der Waals surface area contributed by atoms with Crippen LogP contribution in [0.4, 0.5) is 13.2 Å². The number of likely N-dealkylation sites (tertiary alicyclic amines) is 1. The van der Waals surface area contributed by atoms with E-state index in [1.807, 2.05) is 0 Å². The fourth-order valence-electron chi connectivity index (χ4n) is 8.10. The number of nitrogens with one attached hydrogen (secondary N) is 2. The van der Waals surface area contributed by atoms with Crippen molar-refractivity contribution in [2.45, 2.75) is 107 Å². The van der Waals surface area contributed by atoms with Crippen LogP contribution < -0.4 is 21.1 Å². The van der Waals surface area contributed by atoms with E-state index in [4.69, 9.17) is 10.5 Å². The van der Waals surface area contributed by atoms with E-state index in [1.165, 1.54) is 46.1 Å². The molecule has 2 saturated heterocycles. The SMILES string of the molecule is CC(C)(O)c1cnnn1C1CC(C(=O)NC2(C(=O)C(N)=O)CCOCC2)N(C(=O)[C@@H](CC2CCCCC2)NC(=O)c2ccc3cc(OC(F)(F)F)ccc3c2)C1. The Balaban J connectivity index is 1.31. The highest BCUT2D eigenvalue weighted by Gasteiger charge is 2.49. The van der Waals surface area contributed by atoms with Crippen molar-refractivity contribution in [1.29, 1.82) is 0 Å². The number of Topliss-reactive ketones (excluding diaryl/α,β-unsaturated/α-hetero) is 1. The molecule has 0 bridgehead atoms. The van der Waals surface area contributed by atoms with Crippen LogP contribution in [0.2, 0.25) is 0 Å². The highest BCUT2D eigenvalue weighted by molar-refractivity contribution is 6.39. The fraction of sp³-hybridized carbons (Fsp3) is 0.553. The van der Waals surface area contributed by atoms with Crippen LogP contribution in [0.25, 0.3) is 10.8 Å². The van der Waals surface area contributed by atoms with Crippen molar-refractivity contribution in [3.05, 3.63) is 53.9 Å². The lowest BCUT2D eigenvalue weighted by Crippen LogP contribution is -2.64. The molecule has 2 unspecified atom stereocenters. The Labute approximate surface area is 320 Å². The average Bonchev–Trinajstić information content (AvgIpc) is 3.83. The van der Waals surface area contributed by atoms with Gasteiger partial charge in [0.05, 0.1) is 17.9 Å². The molecule has 3 heterocycles. The Bertz CT molecular complexity index is 1970. The van der Waals surface area contributed by atoms with Gasteiger partial charge in [0.15, 0.2) is 0 Å². The summed E-state index contributed by atoms with van der Waals surface area (Å²) in [6.45, 7) is 3.18. The molecule has 0 spiro atoms. The molecule has 3 fully saturated rings. The molecule has 2 aromatic carbocycles. The lowest BCUT2D eigenvalue weighted by atomic mass is 9.84. The fourth-order valence-corrected chi connectivity index (χ4v) is 8.10. The van der Waals surface area contributed by atoms with Crippen LogP contribution in [-0.2, 0) is 29.5 Å². The molecule has 5 N–H and O–H groups in total. The van der Waals surface area contributed by atoms with Gasteiger partial charge < -0.3 is 35.8 Å². The van der Waals surface area contributed by atoms with E-state index in [2.05, 4.69) is 25.7 Å². The second kappa shape index (κ2) is 16.2. The zero-order chi connectivity index (χ0) is 40.4. The van der Waals surface area contributed by atoms with Crippen molar-refractivity contribution in [2.24, 2.45) is 11.7 Å². The lowest BCUT2D eigenvalue weighted by Gasteiger charge is -2.37. The number of amides is 4. The van der Waals surface area contributed by atoms with Crippen LogP contribution >= 0.6 is 0 Å². The third-order valence-electron chi connectivity index (χ3n) is 11.0. The van der Waals surface area contributed by atoms with E-state index in [1.54, 1.807) is 13.8 Å². The summed E-state index contributed by atoms with van der Waals surface area (Å²) in [6, 6.07) is 5.19. The van der Waals surface area contributed by atoms with Gasteiger partial charge in [-0.3, -0.25) is 24.0 Å². The van der Waals surface area contributed by atoms with E-state index in [9.17, 15) is 42.3 Å². The van der Waals surface area contributed by atoms with Crippen molar-refractivity contribution in [1.82, 2.24) is 30.5 Å². The van der Waals surface area contributed by atoms with Crippen molar-refractivity contribution in [2.75, 3.05) is 19.8 Å². The predicted octanol–water partition coefficient (Wildman–Crippen LogP) is 3.19. The van der Waals surface area contributed by atoms with E-state index < -0.39 is 70.8 Å². The summed E-state index contributed by atoms with van der Waals surface area (Å²) in [6.07, 6.45) is 1.36. The van der Waals surface area contributed by atoms with Crippen LogP contribution in [0.1, 0.15) is 93.7 Å². The molecule has 18 heteroatoms. The summed E-state index contributed by atoms with van der Waals surface area (Å²) in [5, 5.41) is 25.5. The number of carbonyl (C=O) groups is 5. The molecule has 1 aliphatic carbocycles. The summed E-state index contributed by atoms with van der Waals surface area (Å²) < 4.78 is 49.3. The number of nitrogens with two attached hydrogens (primary N) is 1. The molecule has 3 atom stereocenters. The quantitative estimate of drug-likeness (QED) is 0.197. The number of ketones is 1. The second-order valence-corrected chi connectivity index (χ2v) is 15.4. The summed E-state index contributed by atoms with van der Waals surface area (Å²) in [5.41, 5.74) is 2.86. The molecular formula is C38H46F3N7O8. The van der Waals surface area contributed by atoms with Gasteiger partial charge in [-0.1, -0.05) is 49.5 Å². The summed E-state index contributed by atoms with van der Waals surface area (Å²) >= 11 is 0. The number of ether oxygens (including phenoxy) is 2. The van der Waals surface area contributed by atoms with Crippen LogP contribution in [0.5, 0.6) is 5.75 Å². The Morgan fingerprint density at radius 2 is 1.71 bits per heavy atom. The topological polar surface area (TPSA) is 208 Å². The van der Waals surface area contributed by atoms with Gasteiger partial charge in [0.2, 0.25) is 17.6 Å². The Kier molecular flexibility index (Phi) is 11.7. The Hall–Kier alpha value is -5.10. The highest BCUT2D eigenvalue weighted by Crippen LogP contribution is 2.35. The molecule has 3 aromatic rings. The predicted molar refractivity (Wildman–Crippen MR) is 193 cm³/mol. The molecule has 6 rings (SSSR count). The number of aromatic nitrogens is 3. The van der Waals surface area contributed by atoms with Crippen molar-refractivity contribution >= 4 is 40.2 Å². The maximum atomic E-state index is 14.8. The second-order valence-electron chi connectivity index (χ2n) is 15.4. The van der Waals surface area contributed by atoms with E-state index in [0.717, 1.165) is 38.2 Å². The molecule has 3 aliphatic rings. The maximum Gasteiger partial charge on any atom is 0.573 e. The smallest absolute Gasteiger partial charge is 0.406 e. The lowest BCUT2D eigenvalue weighted by molar-refractivity contribution is -0.274. The molecular weight excluding hydrogens is 739 g/mol. The van der Waals surface area contributed by atoms with Gasteiger partial charge in [-0.2, -0.15) is 0 Å². The molecule has 15 nitrogen and oxygen atoms in total. The number of hydrogen-bond acceptors (Lipinski definition) is 10. The standard InChI is InChI=1S/C38H46F3N7O8/c1-36(2,54)30-20-43-46-48(30)26-19-29(34(52)45-37(31(49)32(42)50)12-14-55-15-13-37)47(21-26)35(53)28(16-22-6-4-3-5-7-22)44-33(51)25-9-8-24-18-27(56-38(39,40)41)11-10-23(24)17-25/h8-11,17-18,20,22,26,28-29,54H,3-7,12-16,19,21H2,1-2H3,(H2,42,50)(H,44,51)(H,45,52)/t26?,28-,29?/m1/s1. The van der Waals surface area contributed by atoms with E-state index in [-0.39, 0.29) is 56.9 Å². The number of rotatable bonds is 12. The number of halogens is 3. The third-order valence-corrected chi connectivity index (χ3v) is 11.0. The summed E-state index contributed by atoms with van der Waals surface area (Å²) in [5.74, 6) is -4.41. The minimum atomic E-state index is -4.87. The van der Waals surface area contributed by atoms with Crippen molar-refractivity contribution < 1.29 is 51.7 Å². The molecule has 56 heavy (non-hydrogen) atoms. The normalized spacial score (nSPS) is 21.0. The maximum absolute atomic E-state index is 14.8. The zero-order valence-corrected chi connectivity index (χ0v) is 31.1. The van der Waals surface area contributed by atoms with Gasteiger partial charge in [-0.05, 0) is 61.2 Å². The van der Waals surface area contributed by atoms with Crippen molar-refractivity contribution in [3.8, 4) is 5.75 Å². The molecule has 1 aromatic heterocycles. The number of fused-ring (bicyclic) bond motifs is 1. The minimum absolute atomic E-state index is 0.00380. The van der Waals surface area contributed by atoms with Gasteiger partial charge in [0.25, 0.3) is 11.8 Å². The zero-order valence-electron chi connectivity index (χ0n) is 31.1. The minimum Gasteiger partial charge on any atom is -0.406 e. The molecule has 1 saturated carbocycles. The van der Waals surface area contributed by atoms with Crippen LogP contribution in [-0.4, -0.2) is 98.2 Å². The number of primary amides is 1.